The minimum Gasteiger partial charge on any atom is -0.395 e. The molecular weight excluding hydrogens is 220 g/mol. The van der Waals surface area contributed by atoms with Crippen molar-refractivity contribution in [3.8, 4) is 0 Å². The maximum atomic E-state index is 9.91. The Morgan fingerprint density at radius 1 is 1.47 bits per heavy atom. The Balaban J connectivity index is 2.31. The van der Waals surface area contributed by atoms with Crippen LogP contribution in [-0.4, -0.2) is 72.3 Å². The van der Waals surface area contributed by atoms with E-state index in [2.05, 4.69) is 10.2 Å². The molecule has 0 saturated carbocycles. The van der Waals surface area contributed by atoms with Gasteiger partial charge in [0, 0.05) is 32.2 Å². The van der Waals surface area contributed by atoms with E-state index in [0.29, 0.717) is 13.2 Å². The SMILES string of the molecule is CC(C)(C)OCC(O)CN1CCNCC1CO. The Kier molecular flexibility index (Phi) is 5.82. The minimum atomic E-state index is -0.499. The van der Waals surface area contributed by atoms with Crippen LogP contribution in [-0.2, 0) is 4.74 Å². The van der Waals surface area contributed by atoms with Crippen molar-refractivity contribution in [3.63, 3.8) is 0 Å². The smallest absolute Gasteiger partial charge is 0.0900 e. The molecule has 0 bridgehead atoms. The molecule has 0 aliphatic carbocycles. The minimum absolute atomic E-state index is 0.105. The lowest BCUT2D eigenvalue weighted by Gasteiger charge is -2.36. The average molecular weight is 246 g/mol. The molecular formula is C12H26N2O3. The van der Waals surface area contributed by atoms with Crippen molar-refractivity contribution in [1.29, 1.82) is 0 Å². The van der Waals surface area contributed by atoms with Crippen LogP contribution in [0.1, 0.15) is 20.8 Å². The van der Waals surface area contributed by atoms with E-state index < -0.39 is 6.10 Å². The van der Waals surface area contributed by atoms with Gasteiger partial charge in [0.25, 0.3) is 0 Å². The fourth-order valence-electron chi connectivity index (χ4n) is 1.89. The van der Waals surface area contributed by atoms with E-state index in [1.165, 1.54) is 0 Å². The lowest BCUT2D eigenvalue weighted by molar-refractivity contribution is -0.0619. The number of rotatable bonds is 5. The van der Waals surface area contributed by atoms with Crippen molar-refractivity contribution in [2.24, 2.45) is 0 Å². The van der Waals surface area contributed by atoms with E-state index in [4.69, 9.17) is 4.74 Å². The summed E-state index contributed by atoms with van der Waals surface area (Å²) < 4.78 is 5.55. The Morgan fingerprint density at radius 2 is 2.18 bits per heavy atom. The second-order valence-corrected chi connectivity index (χ2v) is 5.61. The summed E-state index contributed by atoms with van der Waals surface area (Å²) in [7, 11) is 0. The van der Waals surface area contributed by atoms with Crippen molar-refractivity contribution in [1.82, 2.24) is 10.2 Å². The number of nitrogens with one attached hydrogen (secondary N) is 1. The summed E-state index contributed by atoms with van der Waals surface area (Å²) in [5.41, 5.74) is -0.221. The predicted molar refractivity (Wildman–Crippen MR) is 67.0 cm³/mol. The first-order valence-electron chi connectivity index (χ1n) is 6.30. The van der Waals surface area contributed by atoms with Gasteiger partial charge in [0.05, 0.1) is 24.9 Å². The molecule has 0 aromatic heterocycles. The summed E-state index contributed by atoms with van der Waals surface area (Å²) in [6.45, 7) is 9.49. The molecule has 0 radical (unpaired) electrons. The number of piperazine rings is 1. The van der Waals surface area contributed by atoms with Crippen molar-refractivity contribution in [2.75, 3.05) is 39.4 Å². The van der Waals surface area contributed by atoms with Gasteiger partial charge in [-0.1, -0.05) is 0 Å². The molecule has 1 saturated heterocycles. The van der Waals surface area contributed by atoms with Crippen LogP contribution in [0.15, 0.2) is 0 Å². The molecule has 2 atom stereocenters. The molecule has 1 rings (SSSR count). The third-order valence-electron chi connectivity index (χ3n) is 2.84. The van der Waals surface area contributed by atoms with Crippen LogP contribution in [0.4, 0.5) is 0 Å². The molecule has 5 heteroatoms. The molecule has 0 amide bonds. The maximum Gasteiger partial charge on any atom is 0.0900 e. The fourth-order valence-corrected chi connectivity index (χ4v) is 1.89. The highest BCUT2D eigenvalue weighted by Crippen LogP contribution is 2.09. The van der Waals surface area contributed by atoms with Crippen LogP contribution in [0.5, 0.6) is 0 Å². The molecule has 3 N–H and O–H groups in total. The summed E-state index contributed by atoms with van der Waals surface area (Å²) in [5, 5.41) is 22.4. The number of nitrogens with zero attached hydrogens (tertiary/aromatic N) is 1. The lowest BCUT2D eigenvalue weighted by Crippen LogP contribution is -2.55. The highest BCUT2D eigenvalue weighted by atomic mass is 16.5. The first-order chi connectivity index (χ1) is 7.92. The number of ether oxygens (including phenoxy) is 1. The van der Waals surface area contributed by atoms with Crippen LogP contribution >= 0.6 is 0 Å². The molecule has 0 aromatic rings. The molecule has 1 aliphatic heterocycles. The van der Waals surface area contributed by atoms with Crippen molar-refractivity contribution in [2.45, 2.75) is 38.5 Å². The van der Waals surface area contributed by atoms with Gasteiger partial charge in [-0.25, -0.2) is 0 Å². The first kappa shape index (κ1) is 14.9. The van der Waals surface area contributed by atoms with Gasteiger partial charge >= 0.3 is 0 Å². The number of aliphatic hydroxyl groups is 2. The third-order valence-corrected chi connectivity index (χ3v) is 2.84. The van der Waals surface area contributed by atoms with Gasteiger partial charge in [-0.3, -0.25) is 4.90 Å². The maximum absolute atomic E-state index is 9.91. The standard InChI is InChI=1S/C12H26N2O3/c1-12(2,3)17-9-11(16)7-14-5-4-13-6-10(14)8-15/h10-11,13,15-16H,4-9H2,1-3H3. The molecule has 2 unspecified atom stereocenters. The molecule has 17 heavy (non-hydrogen) atoms. The third kappa shape index (κ3) is 5.79. The van der Waals surface area contributed by atoms with E-state index in [1.54, 1.807) is 0 Å². The van der Waals surface area contributed by atoms with Gasteiger partial charge in [0.2, 0.25) is 0 Å². The van der Waals surface area contributed by atoms with Gasteiger partial charge in [-0.05, 0) is 20.8 Å². The normalized spacial score (nSPS) is 24.9. The zero-order valence-electron chi connectivity index (χ0n) is 11.1. The number of hydrogen-bond donors (Lipinski definition) is 3. The van der Waals surface area contributed by atoms with Crippen LogP contribution < -0.4 is 5.32 Å². The summed E-state index contributed by atoms with van der Waals surface area (Å²) in [6, 6.07) is 0.105. The van der Waals surface area contributed by atoms with Crippen LogP contribution in [0.25, 0.3) is 0 Å². The van der Waals surface area contributed by atoms with Gasteiger partial charge in [0.1, 0.15) is 0 Å². The van der Waals surface area contributed by atoms with E-state index >= 15 is 0 Å². The number of aliphatic hydroxyl groups excluding tert-OH is 2. The Hall–Kier alpha value is -0.200. The second-order valence-electron chi connectivity index (χ2n) is 5.61. The van der Waals surface area contributed by atoms with E-state index in [-0.39, 0.29) is 18.2 Å². The summed E-state index contributed by atoms with van der Waals surface area (Å²) >= 11 is 0. The number of hydrogen-bond acceptors (Lipinski definition) is 5. The monoisotopic (exact) mass is 246 g/mol. The molecule has 1 heterocycles. The summed E-state index contributed by atoms with van der Waals surface area (Å²) in [6.07, 6.45) is -0.499. The molecule has 5 nitrogen and oxygen atoms in total. The molecule has 0 spiro atoms. The molecule has 1 aliphatic rings. The molecule has 1 fully saturated rings. The highest BCUT2D eigenvalue weighted by Gasteiger charge is 2.24. The Morgan fingerprint density at radius 3 is 2.76 bits per heavy atom. The van der Waals surface area contributed by atoms with Gasteiger partial charge in [0.15, 0.2) is 0 Å². The molecule has 0 aromatic carbocycles. The molecule has 102 valence electrons. The van der Waals surface area contributed by atoms with E-state index in [0.717, 1.165) is 19.6 Å². The predicted octanol–water partition coefficient (Wildman–Crippen LogP) is -0.571. The van der Waals surface area contributed by atoms with Crippen LogP contribution in [0, 0.1) is 0 Å². The lowest BCUT2D eigenvalue weighted by atomic mass is 10.1. The Labute approximate surface area is 104 Å². The van der Waals surface area contributed by atoms with Gasteiger partial charge in [-0.15, -0.1) is 0 Å². The average Bonchev–Trinajstić information content (AvgIpc) is 2.26. The largest absolute Gasteiger partial charge is 0.395 e. The van der Waals surface area contributed by atoms with Gasteiger partial charge < -0.3 is 20.3 Å². The van der Waals surface area contributed by atoms with E-state index in [1.807, 2.05) is 20.8 Å². The van der Waals surface area contributed by atoms with E-state index in [9.17, 15) is 10.2 Å². The fraction of sp³-hybridized carbons (Fsp3) is 1.00. The summed E-state index contributed by atoms with van der Waals surface area (Å²) in [4.78, 5) is 2.12. The summed E-state index contributed by atoms with van der Waals surface area (Å²) in [5.74, 6) is 0. The van der Waals surface area contributed by atoms with Crippen molar-refractivity contribution < 1.29 is 14.9 Å². The quantitative estimate of drug-likeness (QED) is 0.606. The second kappa shape index (κ2) is 6.66. The first-order valence-corrected chi connectivity index (χ1v) is 6.30. The Bertz CT molecular complexity index is 218. The van der Waals surface area contributed by atoms with Crippen LogP contribution in [0.3, 0.4) is 0 Å². The topological polar surface area (TPSA) is 65.0 Å². The van der Waals surface area contributed by atoms with Gasteiger partial charge in [-0.2, -0.15) is 0 Å². The zero-order chi connectivity index (χ0) is 12.9. The zero-order valence-corrected chi connectivity index (χ0v) is 11.1. The highest BCUT2D eigenvalue weighted by molar-refractivity contribution is 4.80. The van der Waals surface area contributed by atoms with Crippen molar-refractivity contribution >= 4 is 0 Å². The van der Waals surface area contributed by atoms with Crippen molar-refractivity contribution in [3.05, 3.63) is 0 Å². The van der Waals surface area contributed by atoms with Crippen LogP contribution in [0.2, 0.25) is 0 Å². The number of β-amino-alcohol motifs (C(OH)–C–C–N with tert-alkyl or cyclic N) is 1.